The van der Waals surface area contributed by atoms with Crippen molar-refractivity contribution < 1.29 is 19.1 Å². The third-order valence-electron chi connectivity index (χ3n) is 2.53. The molecule has 18 heavy (non-hydrogen) atoms. The van der Waals surface area contributed by atoms with E-state index in [4.69, 9.17) is 0 Å². The molecule has 6 heteroatoms. The summed E-state index contributed by atoms with van der Waals surface area (Å²) in [5, 5.41) is -0.247. The van der Waals surface area contributed by atoms with Crippen LogP contribution in [0.15, 0.2) is 24.3 Å². The zero-order chi connectivity index (χ0) is 13.1. The van der Waals surface area contributed by atoms with E-state index in [0.717, 1.165) is 17.3 Å². The summed E-state index contributed by atoms with van der Waals surface area (Å²) in [6.45, 7) is 0.190. The van der Waals surface area contributed by atoms with Gasteiger partial charge in [0.1, 0.15) is 0 Å². The predicted molar refractivity (Wildman–Crippen MR) is 66.2 cm³/mol. The van der Waals surface area contributed by atoms with Gasteiger partial charge in [0.15, 0.2) is 0 Å². The molecule has 0 N–H and O–H groups in total. The first-order chi connectivity index (χ1) is 8.61. The lowest BCUT2D eigenvalue weighted by molar-refractivity contribution is -0.125. The van der Waals surface area contributed by atoms with Gasteiger partial charge in [-0.05, 0) is 17.7 Å². The van der Waals surface area contributed by atoms with Crippen LogP contribution in [0.5, 0.6) is 0 Å². The van der Waals surface area contributed by atoms with Crippen LogP contribution >= 0.6 is 11.8 Å². The first-order valence-corrected chi connectivity index (χ1v) is 6.25. The molecule has 1 aliphatic heterocycles. The molecule has 2 rings (SSSR count). The molecule has 0 aromatic heterocycles. The average molecular weight is 265 g/mol. The second-order valence-corrected chi connectivity index (χ2v) is 4.65. The van der Waals surface area contributed by atoms with Gasteiger partial charge in [-0.3, -0.25) is 14.5 Å². The third-order valence-corrected chi connectivity index (χ3v) is 3.39. The van der Waals surface area contributed by atoms with Crippen LogP contribution in [-0.4, -0.2) is 34.9 Å². The third kappa shape index (κ3) is 2.53. The fraction of sp³-hybridized carbons (Fsp3) is 0.250. The van der Waals surface area contributed by atoms with Crippen molar-refractivity contribution in [3.8, 4) is 0 Å². The standard InChI is InChI=1S/C12H11NO4S/c1-17-11(15)9-4-2-3-8(5-9)6-13-10(14)7-18-12(13)16/h2-5H,6-7H2,1H3. The maximum absolute atomic E-state index is 11.5. The van der Waals surface area contributed by atoms with Crippen LogP contribution in [0.2, 0.25) is 0 Å². The summed E-state index contributed by atoms with van der Waals surface area (Å²) in [5.74, 6) is -0.450. The van der Waals surface area contributed by atoms with E-state index in [9.17, 15) is 14.4 Å². The number of thioether (sulfide) groups is 1. The van der Waals surface area contributed by atoms with Crippen LogP contribution in [0, 0.1) is 0 Å². The normalized spacial score (nSPS) is 15.1. The van der Waals surface area contributed by atoms with Gasteiger partial charge in [-0.2, -0.15) is 0 Å². The predicted octanol–water partition coefficient (Wildman–Crippen LogP) is 1.67. The molecule has 0 atom stereocenters. The minimum absolute atomic E-state index is 0.190. The quantitative estimate of drug-likeness (QED) is 0.778. The van der Waals surface area contributed by atoms with Gasteiger partial charge in [0.2, 0.25) is 5.91 Å². The van der Waals surface area contributed by atoms with Gasteiger partial charge in [0, 0.05) is 0 Å². The highest BCUT2D eigenvalue weighted by Crippen LogP contribution is 2.21. The molecule has 0 spiro atoms. The van der Waals surface area contributed by atoms with E-state index in [-0.39, 0.29) is 23.4 Å². The van der Waals surface area contributed by atoms with Gasteiger partial charge < -0.3 is 4.74 Å². The summed E-state index contributed by atoms with van der Waals surface area (Å²) < 4.78 is 4.61. The Bertz CT molecular complexity index is 499. The van der Waals surface area contributed by atoms with Crippen LogP contribution in [0.3, 0.4) is 0 Å². The SMILES string of the molecule is COC(=O)c1cccc(CN2C(=O)CSC2=O)c1. The average Bonchev–Trinajstić information content (AvgIpc) is 2.70. The second kappa shape index (κ2) is 5.22. The molecule has 2 amide bonds. The molecular formula is C12H11NO4S. The van der Waals surface area contributed by atoms with Crippen LogP contribution in [0.1, 0.15) is 15.9 Å². The van der Waals surface area contributed by atoms with Crippen molar-refractivity contribution in [3.63, 3.8) is 0 Å². The van der Waals surface area contributed by atoms with Crippen molar-refractivity contribution in [1.82, 2.24) is 4.90 Å². The lowest BCUT2D eigenvalue weighted by Crippen LogP contribution is -2.27. The minimum atomic E-state index is -0.440. The summed E-state index contributed by atoms with van der Waals surface area (Å²) in [6.07, 6.45) is 0. The van der Waals surface area contributed by atoms with Gasteiger partial charge in [-0.25, -0.2) is 4.79 Å². The second-order valence-electron chi connectivity index (χ2n) is 3.73. The van der Waals surface area contributed by atoms with Gasteiger partial charge in [0.05, 0.1) is 25.0 Å². The number of amides is 2. The number of imide groups is 1. The molecule has 1 aromatic rings. The molecular weight excluding hydrogens is 254 g/mol. The van der Waals surface area contributed by atoms with E-state index in [1.165, 1.54) is 12.0 Å². The Morgan fingerprint density at radius 2 is 2.22 bits per heavy atom. The van der Waals surface area contributed by atoms with Gasteiger partial charge in [-0.1, -0.05) is 23.9 Å². The van der Waals surface area contributed by atoms with Crippen LogP contribution in [0.25, 0.3) is 0 Å². The maximum Gasteiger partial charge on any atom is 0.337 e. The summed E-state index contributed by atoms with van der Waals surface area (Å²) >= 11 is 0.994. The Morgan fingerprint density at radius 3 is 2.83 bits per heavy atom. The molecule has 5 nitrogen and oxygen atoms in total. The first kappa shape index (κ1) is 12.6. The molecule has 0 unspecified atom stereocenters. The van der Waals surface area contributed by atoms with E-state index in [1.54, 1.807) is 24.3 Å². The first-order valence-electron chi connectivity index (χ1n) is 5.26. The summed E-state index contributed by atoms with van der Waals surface area (Å²) in [6, 6.07) is 6.70. The van der Waals surface area contributed by atoms with Gasteiger partial charge in [0.25, 0.3) is 5.24 Å². The van der Waals surface area contributed by atoms with Crippen LogP contribution in [0.4, 0.5) is 4.79 Å². The Hall–Kier alpha value is -1.82. The Morgan fingerprint density at radius 1 is 1.44 bits per heavy atom. The highest BCUT2D eigenvalue weighted by Gasteiger charge is 2.29. The smallest absolute Gasteiger partial charge is 0.337 e. The highest BCUT2D eigenvalue weighted by molar-refractivity contribution is 8.14. The monoisotopic (exact) mass is 265 g/mol. The van der Waals surface area contributed by atoms with Crippen molar-refractivity contribution in [3.05, 3.63) is 35.4 Å². The van der Waals surface area contributed by atoms with E-state index >= 15 is 0 Å². The Labute approximate surface area is 108 Å². The number of ether oxygens (including phenoxy) is 1. The minimum Gasteiger partial charge on any atom is -0.465 e. The highest BCUT2D eigenvalue weighted by atomic mass is 32.2. The lowest BCUT2D eigenvalue weighted by atomic mass is 10.1. The molecule has 94 valence electrons. The fourth-order valence-corrected chi connectivity index (χ4v) is 2.36. The van der Waals surface area contributed by atoms with Crippen molar-refractivity contribution in [1.29, 1.82) is 0 Å². The number of hydrogen-bond acceptors (Lipinski definition) is 5. The summed E-state index contributed by atoms with van der Waals surface area (Å²) in [5.41, 5.74) is 1.13. The fourth-order valence-electron chi connectivity index (χ4n) is 1.63. The zero-order valence-electron chi connectivity index (χ0n) is 9.71. The van der Waals surface area contributed by atoms with E-state index < -0.39 is 5.97 Å². The summed E-state index contributed by atoms with van der Waals surface area (Å²) in [4.78, 5) is 35.4. The van der Waals surface area contributed by atoms with E-state index in [1.807, 2.05) is 0 Å². The number of esters is 1. The number of nitrogens with zero attached hydrogens (tertiary/aromatic N) is 1. The number of methoxy groups -OCH3 is 1. The summed E-state index contributed by atoms with van der Waals surface area (Å²) in [7, 11) is 1.30. The molecule has 0 bridgehead atoms. The largest absolute Gasteiger partial charge is 0.465 e. The van der Waals surface area contributed by atoms with Crippen molar-refractivity contribution in [2.75, 3.05) is 12.9 Å². The Kier molecular flexibility index (Phi) is 3.66. The Balaban J connectivity index is 2.17. The molecule has 0 radical (unpaired) electrons. The van der Waals surface area contributed by atoms with Gasteiger partial charge >= 0.3 is 5.97 Å². The van der Waals surface area contributed by atoms with Crippen molar-refractivity contribution >= 4 is 28.9 Å². The van der Waals surface area contributed by atoms with Crippen LogP contribution < -0.4 is 0 Å². The number of carbonyl (C=O) groups excluding carboxylic acids is 3. The molecule has 0 saturated carbocycles. The molecule has 1 heterocycles. The van der Waals surface area contributed by atoms with E-state index in [2.05, 4.69) is 4.74 Å². The van der Waals surface area contributed by atoms with E-state index in [0.29, 0.717) is 5.56 Å². The number of carbonyl (C=O) groups is 3. The molecule has 1 aliphatic rings. The lowest BCUT2D eigenvalue weighted by Gasteiger charge is -2.13. The topological polar surface area (TPSA) is 63.7 Å². The maximum atomic E-state index is 11.5. The van der Waals surface area contributed by atoms with Gasteiger partial charge in [-0.15, -0.1) is 0 Å². The van der Waals surface area contributed by atoms with Crippen molar-refractivity contribution in [2.45, 2.75) is 6.54 Å². The number of rotatable bonds is 3. The molecule has 1 saturated heterocycles. The zero-order valence-corrected chi connectivity index (χ0v) is 10.5. The molecule has 1 fully saturated rings. The van der Waals surface area contributed by atoms with Crippen LogP contribution in [-0.2, 0) is 16.1 Å². The number of benzene rings is 1. The molecule has 0 aliphatic carbocycles. The van der Waals surface area contributed by atoms with Crippen molar-refractivity contribution in [2.24, 2.45) is 0 Å². The number of hydrogen-bond donors (Lipinski definition) is 0. The molecule has 1 aromatic carbocycles.